The third-order valence-electron chi connectivity index (χ3n) is 5.94. The van der Waals surface area contributed by atoms with Crippen LogP contribution in [0.15, 0.2) is 42.5 Å². The minimum atomic E-state index is -3.81. The number of carbonyl (C=O) groups is 2. The van der Waals surface area contributed by atoms with Crippen molar-refractivity contribution in [3.8, 4) is 0 Å². The molecule has 35 heavy (non-hydrogen) atoms. The Hall–Kier alpha value is -2.58. The number of carbonyl (C=O) groups excluding carboxylic acids is 2. The first-order valence-electron chi connectivity index (χ1n) is 11.8. The van der Waals surface area contributed by atoms with Gasteiger partial charge in [-0.2, -0.15) is 0 Å². The van der Waals surface area contributed by atoms with Crippen molar-refractivity contribution in [2.45, 2.75) is 66.1 Å². The monoisotopic (exact) mass is 521 g/mol. The molecule has 0 saturated heterocycles. The van der Waals surface area contributed by atoms with Crippen LogP contribution in [-0.2, 0) is 26.2 Å². The van der Waals surface area contributed by atoms with Crippen molar-refractivity contribution in [1.82, 2.24) is 10.2 Å². The number of hydrogen-bond acceptors (Lipinski definition) is 4. The summed E-state index contributed by atoms with van der Waals surface area (Å²) in [4.78, 5) is 28.3. The van der Waals surface area contributed by atoms with E-state index in [-0.39, 0.29) is 18.5 Å². The highest BCUT2D eigenvalue weighted by Crippen LogP contribution is 2.27. The highest BCUT2D eigenvalue weighted by molar-refractivity contribution is 7.92. The first-order valence-corrected chi connectivity index (χ1v) is 14.0. The number of sulfonamides is 1. The zero-order valence-electron chi connectivity index (χ0n) is 21.3. The van der Waals surface area contributed by atoms with Crippen LogP contribution < -0.4 is 9.62 Å². The Morgan fingerprint density at radius 2 is 1.74 bits per heavy atom. The van der Waals surface area contributed by atoms with Gasteiger partial charge in [0.25, 0.3) is 0 Å². The SMILES string of the molecule is CC[C@@H](C)NC(=O)[C@@H](CC)N(Cc1cccc(C)c1)C(=O)CN(c1cc(Cl)ccc1C)S(C)(=O)=O. The van der Waals surface area contributed by atoms with E-state index < -0.39 is 28.5 Å². The van der Waals surface area contributed by atoms with Crippen LogP contribution in [0.2, 0.25) is 5.02 Å². The Bertz CT molecular complexity index is 1150. The average Bonchev–Trinajstić information content (AvgIpc) is 2.78. The Kier molecular flexibility index (Phi) is 10.2. The van der Waals surface area contributed by atoms with E-state index >= 15 is 0 Å². The molecular formula is C26H36ClN3O4S. The fraction of sp³-hybridized carbons (Fsp3) is 0.462. The van der Waals surface area contributed by atoms with Crippen molar-refractivity contribution in [2.24, 2.45) is 0 Å². The van der Waals surface area contributed by atoms with E-state index in [9.17, 15) is 18.0 Å². The molecule has 2 rings (SSSR count). The molecule has 2 aromatic rings. The highest BCUT2D eigenvalue weighted by Gasteiger charge is 2.32. The lowest BCUT2D eigenvalue weighted by atomic mass is 10.1. The van der Waals surface area contributed by atoms with Gasteiger partial charge in [0.15, 0.2) is 0 Å². The van der Waals surface area contributed by atoms with Crippen molar-refractivity contribution in [1.29, 1.82) is 0 Å². The summed E-state index contributed by atoms with van der Waals surface area (Å²) in [7, 11) is -3.81. The molecule has 192 valence electrons. The first kappa shape index (κ1) is 28.7. The molecule has 0 saturated carbocycles. The number of anilines is 1. The van der Waals surface area contributed by atoms with Crippen LogP contribution in [0.4, 0.5) is 5.69 Å². The minimum Gasteiger partial charge on any atom is -0.352 e. The largest absolute Gasteiger partial charge is 0.352 e. The Balaban J connectivity index is 2.49. The second-order valence-corrected chi connectivity index (χ2v) is 11.3. The van der Waals surface area contributed by atoms with Gasteiger partial charge in [0.05, 0.1) is 11.9 Å². The normalized spacial score (nSPS) is 13.1. The quantitative estimate of drug-likeness (QED) is 0.473. The summed E-state index contributed by atoms with van der Waals surface area (Å²) >= 11 is 6.14. The minimum absolute atomic E-state index is 0.0471. The number of aryl methyl sites for hydroxylation is 2. The lowest BCUT2D eigenvalue weighted by molar-refractivity contribution is -0.140. The van der Waals surface area contributed by atoms with Gasteiger partial charge < -0.3 is 10.2 Å². The molecule has 1 N–H and O–H groups in total. The van der Waals surface area contributed by atoms with Gasteiger partial charge in [0.2, 0.25) is 21.8 Å². The summed E-state index contributed by atoms with van der Waals surface area (Å²) in [5.41, 5.74) is 2.89. The van der Waals surface area contributed by atoms with E-state index in [1.807, 2.05) is 52.0 Å². The molecule has 0 fully saturated rings. The molecule has 0 spiro atoms. The Morgan fingerprint density at radius 1 is 1.06 bits per heavy atom. The number of benzene rings is 2. The predicted octanol–water partition coefficient (Wildman–Crippen LogP) is 4.44. The van der Waals surface area contributed by atoms with Gasteiger partial charge >= 0.3 is 0 Å². The molecule has 0 aromatic heterocycles. The average molecular weight is 522 g/mol. The van der Waals surface area contributed by atoms with E-state index in [1.54, 1.807) is 19.1 Å². The number of amides is 2. The number of nitrogens with zero attached hydrogens (tertiary/aromatic N) is 2. The molecule has 7 nitrogen and oxygen atoms in total. The van der Waals surface area contributed by atoms with Crippen LogP contribution >= 0.6 is 11.6 Å². The van der Waals surface area contributed by atoms with Crippen LogP contribution in [0, 0.1) is 13.8 Å². The molecule has 0 bridgehead atoms. The lowest BCUT2D eigenvalue weighted by Crippen LogP contribution is -2.53. The first-order chi connectivity index (χ1) is 16.4. The maximum Gasteiger partial charge on any atom is 0.244 e. The fourth-order valence-corrected chi connectivity index (χ4v) is 4.88. The van der Waals surface area contributed by atoms with E-state index in [0.29, 0.717) is 22.7 Å². The maximum absolute atomic E-state index is 13.7. The Morgan fingerprint density at radius 3 is 2.31 bits per heavy atom. The summed E-state index contributed by atoms with van der Waals surface area (Å²) in [6.45, 7) is 9.16. The van der Waals surface area contributed by atoms with E-state index in [1.165, 1.54) is 11.0 Å². The topological polar surface area (TPSA) is 86.8 Å². The summed E-state index contributed by atoms with van der Waals surface area (Å²) in [5, 5.41) is 3.33. The number of rotatable bonds is 11. The van der Waals surface area contributed by atoms with E-state index in [0.717, 1.165) is 28.1 Å². The van der Waals surface area contributed by atoms with Crippen molar-refractivity contribution in [3.05, 3.63) is 64.2 Å². The van der Waals surface area contributed by atoms with Crippen molar-refractivity contribution in [2.75, 3.05) is 17.1 Å². The molecule has 0 heterocycles. The van der Waals surface area contributed by atoms with Crippen molar-refractivity contribution in [3.63, 3.8) is 0 Å². The zero-order valence-corrected chi connectivity index (χ0v) is 22.9. The van der Waals surface area contributed by atoms with Gasteiger partial charge in [0.1, 0.15) is 12.6 Å². The molecule has 0 aliphatic rings. The third kappa shape index (κ3) is 7.97. The van der Waals surface area contributed by atoms with E-state index in [2.05, 4.69) is 5.32 Å². The van der Waals surface area contributed by atoms with Gasteiger partial charge in [0, 0.05) is 17.6 Å². The van der Waals surface area contributed by atoms with Crippen LogP contribution in [0.1, 0.15) is 50.3 Å². The van der Waals surface area contributed by atoms with Gasteiger partial charge in [-0.05, 0) is 56.9 Å². The standard InChI is InChI=1S/C26H36ClN3O4S/c1-7-20(5)28-26(32)23(8-2)29(16-21-11-9-10-18(3)14-21)25(31)17-30(35(6,33)34)24-15-22(27)13-12-19(24)4/h9-15,20,23H,7-8,16-17H2,1-6H3,(H,28,32)/t20-,23-/m1/s1. The van der Waals surface area contributed by atoms with Gasteiger partial charge in [-0.1, -0.05) is 61.3 Å². The summed E-state index contributed by atoms with van der Waals surface area (Å²) in [6.07, 6.45) is 2.19. The van der Waals surface area contributed by atoms with Crippen molar-refractivity contribution < 1.29 is 18.0 Å². The summed E-state index contributed by atoms with van der Waals surface area (Å²) in [5.74, 6) is -0.727. The van der Waals surface area contributed by atoms with Gasteiger partial charge in [-0.25, -0.2) is 8.42 Å². The smallest absolute Gasteiger partial charge is 0.244 e. The molecule has 0 radical (unpaired) electrons. The number of hydrogen-bond donors (Lipinski definition) is 1. The van der Waals surface area contributed by atoms with Gasteiger partial charge in [-0.15, -0.1) is 0 Å². The van der Waals surface area contributed by atoms with Crippen molar-refractivity contribution >= 4 is 39.1 Å². The zero-order chi connectivity index (χ0) is 26.3. The highest BCUT2D eigenvalue weighted by atomic mass is 35.5. The number of nitrogens with one attached hydrogen (secondary N) is 1. The Labute approximate surface area is 214 Å². The molecule has 0 aliphatic heterocycles. The van der Waals surface area contributed by atoms with E-state index in [4.69, 9.17) is 11.6 Å². The molecule has 2 atom stereocenters. The molecule has 0 unspecified atom stereocenters. The second-order valence-electron chi connectivity index (χ2n) is 8.95. The summed E-state index contributed by atoms with van der Waals surface area (Å²) < 4.78 is 26.5. The van der Waals surface area contributed by atoms with Crippen LogP contribution in [0.5, 0.6) is 0 Å². The predicted molar refractivity (Wildman–Crippen MR) is 142 cm³/mol. The number of halogens is 1. The van der Waals surface area contributed by atoms with Gasteiger partial charge in [-0.3, -0.25) is 13.9 Å². The molecule has 0 aliphatic carbocycles. The van der Waals surface area contributed by atoms with Crippen LogP contribution in [0.3, 0.4) is 0 Å². The molecule has 9 heteroatoms. The van der Waals surface area contributed by atoms with Crippen LogP contribution in [0.25, 0.3) is 0 Å². The molecular weight excluding hydrogens is 486 g/mol. The lowest BCUT2D eigenvalue weighted by Gasteiger charge is -2.33. The van der Waals surface area contributed by atoms with Crippen LogP contribution in [-0.4, -0.2) is 50.0 Å². The molecule has 2 amide bonds. The fourth-order valence-electron chi connectivity index (χ4n) is 3.81. The third-order valence-corrected chi connectivity index (χ3v) is 7.30. The summed E-state index contributed by atoms with van der Waals surface area (Å²) in [6, 6.07) is 11.8. The molecule has 2 aromatic carbocycles. The second kappa shape index (κ2) is 12.4. The maximum atomic E-state index is 13.7.